The molecule has 1 radical (unpaired) electrons. The second-order valence-corrected chi connectivity index (χ2v) is 3.32. The average Bonchev–Trinajstić information content (AvgIpc) is 1.21. The molecule has 3 heteroatoms. The monoisotopic (exact) mass is 155 g/mol. The molecule has 0 fully saturated rings. The Hall–Kier alpha value is 0.540. The van der Waals surface area contributed by atoms with Crippen molar-refractivity contribution in [3.05, 3.63) is 5.02 Å². The van der Waals surface area contributed by atoms with Crippen molar-refractivity contribution < 1.29 is 4.74 Å². The van der Waals surface area contributed by atoms with Crippen molar-refractivity contribution >= 4 is 23.2 Å². The lowest BCUT2D eigenvalue weighted by Gasteiger charge is -2.18. The first-order chi connectivity index (χ1) is 3.42. The minimum absolute atomic E-state index is 0.0301. The molecule has 0 N–H and O–H groups in total. The van der Waals surface area contributed by atoms with Crippen LogP contribution in [0.15, 0.2) is 0 Å². The average molecular weight is 156 g/mol. The Morgan fingerprint density at radius 2 is 1.62 bits per heavy atom. The molecule has 49 valence electrons. The topological polar surface area (TPSA) is 9.23 Å². The summed E-state index contributed by atoms with van der Waals surface area (Å²) in [6.07, 6.45) is 0. The van der Waals surface area contributed by atoms with Gasteiger partial charge in [0.15, 0.2) is 0 Å². The highest BCUT2D eigenvalue weighted by Gasteiger charge is 2.14. The molecule has 0 spiro atoms. The van der Waals surface area contributed by atoms with Crippen LogP contribution in [0.2, 0.25) is 0 Å². The highest BCUT2D eigenvalue weighted by molar-refractivity contribution is 6.51. The van der Waals surface area contributed by atoms with Gasteiger partial charge in [-0.1, -0.05) is 23.2 Å². The van der Waals surface area contributed by atoms with E-state index >= 15 is 0 Å². The molecule has 0 aliphatic rings. The van der Waals surface area contributed by atoms with E-state index in [0.717, 1.165) is 0 Å². The largest absolute Gasteiger partial charge is 0.337 e. The van der Waals surface area contributed by atoms with Crippen LogP contribution in [0.5, 0.6) is 0 Å². The Labute approximate surface area is 59.9 Å². The van der Waals surface area contributed by atoms with Gasteiger partial charge in [0.25, 0.3) is 5.02 Å². The Morgan fingerprint density at radius 1 is 1.25 bits per heavy atom. The van der Waals surface area contributed by atoms with Crippen molar-refractivity contribution in [3.63, 3.8) is 0 Å². The van der Waals surface area contributed by atoms with Crippen molar-refractivity contribution in [2.45, 2.75) is 26.4 Å². The molecule has 1 nitrogen and oxygen atoms in total. The van der Waals surface area contributed by atoms with Gasteiger partial charge in [-0.3, -0.25) is 0 Å². The van der Waals surface area contributed by atoms with E-state index in [1.165, 1.54) is 0 Å². The number of rotatable bonds is 1. The Kier molecular flexibility index (Phi) is 3.10. The van der Waals surface area contributed by atoms with Crippen LogP contribution in [-0.4, -0.2) is 5.60 Å². The maximum Gasteiger partial charge on any atom is 0.277 e. The zero-order chi connectivity index (χ0) is 6.78. The number of ether oxygens (including phenoxy) is 1. The van der Waals surface area contributed by atoms with Gasteiger partial charge in [-0.25, -0.2) is 0 Å². The lowest BCUT2D eigenvalue weighted by atomic mass is 10.2. The molecule has 0 saturated carbocycles. The van der Waals surface area contributed by atoms with Gasteiger partial charge in [0.2, 0.25) is 0 Å². The first-order valence-corrected chi connectivity index (χ1v) is 3.04. The van der Waals surface area contributed by atoms with Crippen LogP contribution >= 0.6 is 23.2 Å². The van der Waals surface area contributed by atoms with E-state index in [4.69, 9.17) is 27.9 Å². The number of halogens is 2. The van der Waals surface area contributed by atoms with Gasteiger partial charge < -0.3 is 4.74 Å². The lowest BCUT2D eigenvalue weighted by Crippen LogP contribution is -2.18. The molecule has 0 heterocycles. The van der Waals surface area contributed by atoms with Crippen LogP contribution < -0.4 is 0 Å². The van der Waals surface area contributed by atoms with E-state index in [9.17, 15) is 0 Å². The molecule has 0 aromatic carbocycles. The smallest absolute Gasteiger partial charge is 0.277 e. The third-order valence-corrected chi connectivity index (χ3v) is 0.538. The summed E-state index contributed by atoms with van der Waals surface area (Å²) in [4.78, 5) is 0. The molecule has 8 heavy (non-hydrogen) atoms. The van der Waals surface area contributed by atoms with Crippen LogP contribution in [0, 0.1) is 5.02 Å². The van der Waals surface area contributed by atoms with Gasteiger partial charge >= 0.3 is 0 Å². The predicted octanol–water partition coefficient (Wildman–Crippen LogP) is 2.73. The minimum atomic E-state index is -0.279. The van der Waals surface area contributed by atoms with Crippen LogP contribution in [0.1, 0.15) is 20.8 Å². The summed E-state index contributed by atoms with van der Waals surface area (Å²) in [5, 5.41) is -0.0301. The van der Waals surface area contributed by atoms with E-state index in [2.05, 4.69) is 0 Å². The molecule has 0 rings (SSSR count). The summed E-state index contributed by atoms with van der Waals surface area (Å²) in [7, 11) is 0. The molecule has 0 atom stereocenters. The molecule has 0 amide bonds. The maximum atomic E-state index is 5.22. The Balaban J connectivity index is 3.39. The third-order valence-electron chi connectivity index (χ3n) is 0.383. The first-order valence-electron chi connectivity index (χ1n) is 2.29. The molecule has 0 saturated heterocycles. The van der Waals surface area contributed by atoms with Crippen LogP contribution in [0.25, 0.3) is 0 Å². The van der Waals surface area contributed by atoms with Crippen LogP contribution in [0.4, 0.5) is 0 Å². The zero-order valence-electron chi connectivity index (χ0n) is 5.16. The highest BCUT2D eigenvalue weighted by atomic mass is 35.5. The van der Waals surface area contributed by atoms with Gasteiger partial charge in [-0.15, -0.1) is 0 Å². The molecule has 0 aliphatic heterocycles. The van der Waals surface area contributed by atoms with E-state index in [1.54, 1.807) is 0 Å². The fraction of sp³-hybridized carbons (Fsp3) is 0.800. The molecular weight excluding hydrogens is 147 g/mol. The summed E-state index contributed by atoms with van der Waals surface area (Å²) in [6, 6.07) is 0. The van der Waals surface area contributed by atoms with Crippen molar-refractivity contribution in [1.29, 1.82) is 0 Å². The molecule has 0 bridgehead atoms. The fourth-order valence-electron chi connectivity index (χ4n) is 0.231. The first kappa shape index (κ1) is 8.54. The molecule has 0 aliphatic carbocycles. The van der Waals surface area contributed by atoms with Crippen LogP contribution in [-0.2, 0) is 4.74 Å². The van der Waals surface area contributed by atoms with Gasteiger partial charge in [0, 0.05) is 0 Å². The van der Waals surface area contributed by atoms with Gasteiger partial charge in [-0.2, -0.15) is 0 Å². The zero-order valence-corrected chi connectivity index (χ0v) is 6.68. The van der Waals surface area contributed by atoms with Crippen molar-refractivity contribution in [2.24, 2.45) is 0 Å². The van der Waals surface area contributed by atoms with Crippen LogP contribution in [0.3, 0.4) is 0 Å². The second-order valence-electron chi connectivity index (χ2n) is 2.44. The van der Waals surface area contributed by atoms with E-state index < -0.39 is 0 Å². The van der Waals surface area contributed by atoms with Gasteiger partial charge in [-0.05, 0) is 20.8 Å². The normalized spacial score (nSPS) is 12.8. The fourth-order valence-corrected chi connectivity index (χ4v) is 0.694. The standard InChI is InChI=1S/C5H9Cl2O/c1-5(2,3)8-4(6)7/h1-3H3. The molecule has 0 aromatic heterocycles. The summed E-state index contributed by atoms with van der Waals surface area (Å²) in [5.41, 5.74) is -0.279. The molecule has 0 unspecified atom stereocenters. The predicted molar refractivity (Wildman–Crippen MR) is 35.8 cm³/mol. The van der Waals surface area contributed by atoms with Crippen molar-refractivity contribution in [1.82, 2.24) is 0 Å². The quantitative estimate of drug-likeness (QED) is 0.567. The molecular formula is C5H9Cl2O. The molecule has 0 aromatic rings. The summed E-state index contributed by atoms with van der Waals surface area (Å²) in [5.74, 6) is 0. The van der Waals surface area contributed by atoms with E-state index in [0.29, 0.717) is 0 Å². The maximum absolute atomic E-state index is 5.22. The second kappa shape index (κ2) is 2.90. The Bertz CT molecular complexity index is 65.3. The van der Waals surface area contributed by atoms with E-state index in [1.807, 2.05) is 20.8 Å². The SMILES string of the molecule is CC(C)(C)O[C](Cl)Cl. The van der Waals surface area contributed by atoms with Crippen molar-refractivity contribution in [3.8, 4) is 0 Å². The summed E-state index contributed by atoms with van der Waals surface area (Å²) >= 11 is 10.4. The summed E-state index contributed by atoms with van der Waals surface area (Å²) in [6.45, 7) is 5.62. The number of hydrogen-bond donors (Lipinski definition) is 0. The van der Waals surface area contributed by atoms with E-state index in [-0.39, 0.29) is 10.6 Å². The third kappa shape index (κ3) is 6.54. The summed E-state index contributed by atoms with van der Waals surface area (Å²) < 4.78 is 4.89. The Morgan fingerprint density at radius 3 is 1.62 bits per heavy atom. The highest BCUT2D eigenvalue weighted by Crippen LogP contribution is 2.21. The van der Waals surface area contributed by atoms with Crippen molar-refractivity contribution in [2.75, 3.05) is 0 Å². The van der Waals surface area contributed by atoms with Gasteiger partial charge in [0.05, 0.1) is 5.60 Å². The minimum Gasteiger partial charge on any atom is -0.337 e. The van der Waals surface area contributed by atoms with Gasteiger partial charge in [0.1, 0.15) is 0 Å². The lowest BCUT2D eigenvalue weighted by molar-refractivity contribution is 0.0502. The number of hydrogen-bond acceptors (Lipinski definition) is 1.